The number of nitrogens with one attached hydrogen (secondary N) is 2. The van der Waals surface area contributed by atoms with Crippen LogP contribution in [0.1, 0.15) is 44.9 Å². The molecular formula is C25H32N4O3. The van der Waals surface area contributed by atoms with Gasteiger partial charge in [-0.05, 0) is 55.9 Å². The van der Waals surface area contributed by atoms with Crippen molar-refractivity contribution in [2.45, 2.75) is 44.9 Å². The molecule has 3 amide bonds. The van der Waals surface area contributed by atoms with Crippen LogP contribution in [0, 0.1) is 11.8 Å². The number of likely N-dealkylation sites (tertiary alicyclic amines) is 1. The number of hydrogen-bond donors (Lipinski definition) is 2. The van der Waals surface area contributed by atoms with Crippen molar-refractivity contribution in [3.05, 3.63) is 48.7 Å². The van der Waals surface area contributed by atoms with Crippen LogP contribution in [0.2, 0.25) is 0 Å². The monoisotopic (exact) mass is 436 g/mol. The largest absolute Gasteiger partial charge is 0.489 e. The molecule has 1 aliphatic heterocycles. The van der Waals surface area contributed by atoms with Gasteiger partial charge >= 0.3 is 6.03 Å². The minimum atomic E-state index is -0.149. The molecule has 7 heteroatoms. The molecule has 2 heterocycles. The van der Waals surface area contributed by atoms with Gasteiger partial charge in [-0.25, -0.2) is 9.78 Å². The number of urea groups is 1. The molecule has 0 radical (unpaired) electrons. The normalized spacial score (nSPS) is 17.6. The van der Waals surface area contributed by atoms with Crippen molar-refractivity contribution in [3.63, 3.8) is 0 Å². The van der Waals surface area contributed by atoms with E-state index < -0.39 is 0 Å². The molecular weight excluding hydrogens is 404 g/mol. The number of rotatable bonds is 6. The van der Waals surface area contributed by atoms with E-state index in [4.69, 9.17) is 4.74 Å². The van der Waals surface area contributed by atoms with E-state index in [-0.39, 0.29) is 17.9 Å². The first kappa shape index (κ1) is 22.1. The van der Waals surface area contributed by atoms with Crippen LogP contribution in [-0.4, -0.2) is 41.5 Å². The highest BCUT2D eigenvalue weighted by atomic mass is 16.5. The van der Waals surface area contributed by atoms with Crippen LogP contribution in [0.5, 0.6) is 5.75 Å². The fourth-order valence-corrected chi connectivity index (χ4v) is 4.45. The predicted molar refractivity (Wildman–Crippen MR) is 125 cm³/mol. The van der Waals surface area contributed by atoms with Gasteiger partial charge in [-0.3, -0.25) is 4.79 Å². The van der Waals surface area contributed by atoms with Crippen molar-refractivity contribution in [3.8, 4) is 5.75 Å². The van der Waals surface area contributed by atoms with Crippen molar-refractivity contribution in [2.75, 3.05) is 30.3 Å². The molecule has 1 saturated carbocycles. The number of benzene rings is 1. The number of amides is 3. The van der Waals surface area contributed by atoms with Gasteiger partial charge in [0.1, 0.15) is 0 Å². The maximum absolute atomic E-state index is 12.9. The van der Waals surface area contributed by atoms with Crippen LogP contribution in [0.15, 0.2) is 48.7 Å². The van der Waals surface area contributed by atoms with Gasteiger partial charge in [-0.1, -0.05) is 37.5 Å². The lowest BCUT2D eigenvalue weighted by Crippen LogP contribution is -2.43. The number of nitrogens with zero attached hydrogens (tertiary/aromatic N) is 2. The first-order valence-electron chi connectivity index (χ1n) is 11.7. The number of piperidine rings is 1. The third-order valence-corrected chi connectivity index (χ3v) is 6.39. The second-order valence-electron chi connectivity index (χ2n) is 8.71. The maximum atomic E-state index is 12.9. The van der Waals surface area contributed by atoms with E-state index in [0.29, 0.717) is 50.0 Å². The molecule has 2 aliphatic rings. The van der Waals surface area contributed by atoms with Crippen LogP contribution in [-0.2, 0) is 4.79 Å². The van der Waals surface area contributed by atoms with E-state index in [1.807, 2.05) is 42.5 Å². The summed E-state index contributed by atoms with van der Waals surface area (Å²) in [6, 6.07) is 13.0. The number of hydrogen-bond acceptors (Lipinski definition) is 4. The summed E-state index contributed by atoms with van der Waals surface area (Å²) in [4.78, 5) is 31.4. The fraction of sp³-hybridized carbons (Fsp3) is 0.480. The van der Waals surface area contributed by atoms with Crippen LogP contribution >= 0.6 is 0 Å². The molecule has 32 heavy (non-hydrogen) atoms. The number of ether oxygens (including phenoxy) is 1. The number of anilines is 2. The first-order valence-corrected chi connectivity index (χ1v) is 11.7. The van der Waals surface area contributed by atoms with E-state index in [9.17, 15) is 9.59 Å². The minimum absolute atomic E-state index is 0.0608. The summed E-state index contributed by atoms with van der Waals surface area (Å²) in [7, 11) is 0. The van der Waals surface area contributed by atoms with E-state index in [0.717, 1.165) is 5.69 Å². The summed E-state index contributed by atoms with van der Waals surface area (Å²) < 4.78 is 6.03. The van der Waals surface area contributed by atoms with E-state index >= 15 is 0 Å². The smallest absolute Gasteiger partial charge is 0.321 e. The molecule has 170 valence electrons. The maximum Gasteiger partial charge on any atom is 0.321 e. The van der Waals surface area contributed by atoms with Gasteiger partial charge in [-0.15, -0.1) is 0 Å². The van der Waals surface area contributed by atoms with Crippen LogP contribution in [0.3, 0.4) is 0 Å². The van der Waals surface area contributed by atoms with Gasteiger partial charge in [0.15, 0.2) is 11.6 Å². The summed E-state index contributed by atoms with van der Waals surface area (Å²) >= 11 is 0. The number of carbonyl (C=O) groups excluding carboxylic acids is 2. The molecule has 1 aliphatic carbocycles. The van der Waals surface area contributed by atoms with Gasteiger partial charge in [0.2, 0.25) is 5.91 Å². The van der Waals surface area contributed by atoms with Crippen molar-refractivity contribution in [1.82, 2.24) is 9.88 Å². The molecule has 2 fully saturated rings. The topological polar surface area (TPSA) is 83.6 Å². The molecule has 2 aromatic rings. The molecule has 4 rings (SSSR count). The molecule has 1 aromatic heterocycles. The highest BCUT2D eigenvalue weighted by Gasteiger charge is 2.28. The third-order valence-electron chi connectivity index (χ3n) is 6.39. The molecule has 0 bridgehead atoms. The number of pyridine rings is 1. The van der Waals surface area contributed by atoms with Gasteiger partial charge in [0, 0.05) is 30.9 Å². The molecule has 7 nitrogen and oxygen atoms in total. The first-order chi connectivity index (χ1) is 15.7. The zero-order chi connectivity index (χ0) is 22.2. The molecule has 1 aromatic carbocycles. The summed E-state index contributed by atoms with van der Waals surface area (Å²) in [5.41, 5.74) is 0.772. The van der Waals surface area contributed by atoms with Gasteiger partial charge in [-0.2, -0.15) is 0 Å². The van der Waals surface area contributed by atoms with Crippen LogP contribution in [0.4, 0.5) is 16.3 Å². The quantitative estimate of drug-likeness (QED) is 0.673. The van der Waals surface area contributed by atoms with Crippen LogP contribution in [0.25, 0.3) is 0 Å². The summed E-state index contributed by atoms with van der Waals surface area (Å²) in [6.07, 6.45) is 9.19. The number of carbonyl (C=O) groups is 2. The zero-order valence-corrected chi connectivity index (χ0v) is 18.5. The Morgan fingerprint density at radius 3 is 2.44 bits per heavy atom. The second kappa shape index (κ2) is 11.0. The van der Waals surface area contributed by atoms with Crippen molar-refractivity contribution >= 4 is 23.4 Å². The predicted octanol–water partition coefficient (Wildman–Crippen LogP) is 4.92. The number of aromatic nitrogens is 1. The Balaban J connectivity index is 1.26. The lowest BCUT2D eigenvalue weighted by molar-refractivity contribution is -0.121. The molecule has 2 N–H and O–H groups in total. The Labute approximate surface area is 189 Å². The standard InChI is InChI=1S/C25H32N4O3/c30-24(20-13-16-29(17-14-20)25(31)27-21-10-5-2-6-11-21)28-23-22(12-7-15-26-23)32-18-19-8-3-1-4-9-19/h2,5-7,10-12,15,19-20H,1,3-4,8-9,13-14,16-18H2,(H,27,31)(H,26,28,30). The van der Waals surface area contributed by atoms with Crippen LogP contribution < -0.4 is 15.4 Å². The SMILES string of the molecule is O=C(Nc1ncccc1OCC1CCCCC1)C1CCN(C(=O)Nc2ccccc2)CC1. The Morgan fingerprint density at radius 1 is 0.938 bits per heavy atom. The minimum Gasteiger partial charge on any atom is -0.489 e. The molecule has 0 atom stereocenters. The molecule has 0 unspecified atom stereocenters. The zero-order valence-electron chi connectivity index (χ0n) is 18.5. The Bertz CT molecular complexity index is 891. The Hall–Kier alpha value is -3.09. The highest BCUT2D eigenvalue weighted by Crippen LogP contribution is 2.28. The summed E-state index contributed by atoms with van der Waals surface area (Å²) in [5, 5.41) is 5.86. The lowest BCUT2D eigenvalue weighted by Gasteiger charge is -2.31. The van der Waals surface area contributed by atoms with Crippen molar-refractivity contribution in [2.24, 2.45) is 11.8 Å². The van der Waals surface area contributed by atoms with E-state index in [2.05, 4.69) is 15.6 Å². The van der Waals surface area contributed by atoms with E-state index in [1.54, 1.807) is 11.1 Å². The third kappa shape index (κ3) is 5.99. The lowest BCUT2D eigenvalue weighted by atomic mass is 9.90. The Morgan fingerprint density at radius 2 is 1.69 bits per heavy atom. The van der Waals surface area contributed by atoms with Gasteiger partial charge in [0.25, 0.3) is 0 Å². The fourth-order valence-electron chi connectivity index (χ4n) is 4.45. The van der Waals surface area contributed by atoms with Crippen molar-refractivity contribution in [1.29, 1.82) is 0 Å². The second-order valence-corrected chi connectivity index (χ2v) is 8.71. The summed E-state index contributed by atoms with van der Waals surface area (Å²) in [5.74, 6) is 1.49. The van der Waals surface area contributed by atoms with E-state index in [1.165, 1.54) is 32.1 Å². The van der Waals surface area contributed by atoms with Crippen molar-refractivity contribution < 1.29 is 14.3 Å². The number of para-hydroxylation sites is 1. The van der Waals surface area contributed by atoms with Gasteiger partial charge in [0.05, 0.1) is 6.61 Å². The molecule has 1 saturated heterocycles. The van der Waals surface area contributed by atoms with Gasteiger partial charge < -0.3 is 20.3 Å². The molecule has 0 spiro atoms. The average molecular weight is 437 g/mol. The highest BCUT2D eigenvalue weighted by molar-refractivity contribution is 5.93. The summed E-state index contributed by atoms with van der Waals surface area (Å²) in [6.45, 7) is 1.76. The Kier molecular flexibility index (Phi) is 7.59. The average Bonchev–Trinajstić information content (AvgIpc) is 2.85.